The Bertz CT molecular complexity index is 1050. The van der Waals surface area contributed by atoms with Crippen LogP contribution in [-0.2, 0) is 23.9 Å². The maximum atomic E-state index is 13.7. The summed E-state index contributed by atoms with van der Waals surface area (Å²) in [6, 6.07) is 3.11. The lowest BCUT2D eigenvalue weighted by atomic mass is 9.69. The van der Waals surface area contributed by atoms with E-state index in [1.807, 2.05) is 13.8 Å². The minimum atomic E-state index is -1.000. The number of rotatable bonds is 7. The van der Waals surface area contributed by atoms with Crippen molar-refractivity contribution in [1.82, 2.24) is 5.32 Å². The van der Waals surface area contributed by atoms with Gasteiger partial charge in [0.2, 0.25) is 5.75 Å². The van der Waals surface area contributed by atoms with E-state index in [9.17, 15) is 19.5 Å². The zero-order valence-electron chi connectivity index (χ0n) is 20.3. The summed E-state index contributed by atoms with van der Waals surface area (Å²) in [7, 11) is 4.03. The fraction of sp³-hybridized carbons (Fsp3) is 0.480. The van der Waals surface area contributed by atoms with Crippen LogP contribution in [0.2, 0.25) is 0 Å². The normalized spacial score (nSPS) is 22.1. The summed E-state index contributed by atoms with van der Waals surface area (Å²) in [5, 5.41) is 13.6. The number of phenols is 1. The molecule has 0 saturated carbocycles. The number of ether oxygens (including phenoxy) is 4. The molecule has 0 amide bonds. The predicted octanol–water partition coefficient (Wildman–Crippen LogP) is 2.98. The van der Waals surface area contributed by atoms with Crippen LogP contribution < -0.4 is 14.8 Å². The van der Waals surface area contributed by atoms with Crippen LogP contribution in [0.5, 0.6) is 17.2 Å². The molecule has 0 bridgehead atoms. The highest BCUT2D eigenvalue weighted by atomic mass is 16.5. The topological polar surface area (TPSA) is 120 Å². The maximum Gasteiger partial charge on any atom is 0.336 e. The molecule has 1 aliphatic carbocycles. The lowest BCUT2D eigenvalue weighted by Gasteiger charge is -2.38. The van der Waals surface area contributed by atoms with E-state index < -0.39 is 29.6 Å². The summed E-state index contributed by atoms with van der Waals surface area (Å²) in [5.74, 6) is -3.74. The van der Waals surface area contributed by atoms with Crippen LogP contribution >= 0.6 is 0 Å². The molecule has 184 valence electrons. The molecule has 3 atom stereocenters. The number of hydrogen-bond acceptors (Lipinski definition) is 9. The van der Waals surface area contributed by atoms with Gasteiger partial charge in [-0.15, -0.1) is 0 Å². The molecule has 1 heterocycles. The lowest BCUT2D eigenvalue weighted by molar-refractivity contribution is -0.151. The zero-order chi connectivity index (χ0) is 25.2. The van der Waals surface area contributed by atoms with Crippen LogP contribution in [0.1, 0.15) is 45.1 Å². The van der Waals surface area contributed by atoms with E-state index in [0.29, 0.717) is 29.8 Å². The number of carbonyl (C=O) groups excluding carboxylic acids is 3. The van der Waals surface area contributed by atoms with E-state index in [-0.39, 0.29) is 40.9 Å². The Kier molecular flexibility index (Phi) is 7.54. The average molecular weight is 474 g/mol. The van der Waals surface area contributed by atoms with Crippen LogP contribution in [0.15, 0.2) is 34.7 Å². The van der Waals surface area contributed by atoms with Gasteiger partial charge in [-0.25, -0.2) is 4.79 Å². The van der Waals surface area contributed by atoms with Gasteiger partial charge in [-0.3, -0.25) is 9.59 Å². The predicted molar refractivity (Wildman–Crippen MR) is 122 cm³/mol. The first-order valence-corrected chi connectivity index (χ1v) is 11.1. The van der Waals surface area contributed by atoms with Crippen molar-refractivity contribution < 1.29 is 38.4 Å². The molecule has 0 spiro atoms. The second kappa shape index (κ2) is 10.2. The Morgan fingerprint density at radius 1 is 1.15 bits per heavy atom. The van der Waals surface area contributed by atoms with Crippen molar-refractivity contribution in [3.8, 4) is 17.2 Å². The van der Waals surface area contributed by atoms with Crippen molar-refractivity contribution in [2.45, 2.75) is 39.5 Å². The molecule has 0 aromatic heterocycles. The first-order chi connectivity index (χ1) is 16.2. The minimum Gasteiger partial charge on any atom is -0.502 e. The fourth-order valence-corrected chi connectivity index (χ4v) is 4.64. The van der Waals surface area contributed by atoms with Crippen LogP contribution in [0.4, 0.5) is 0 Å². The molecular formula is C25H31NO8. The lowest BCUT2D eigenvalue weighted by Crippen LogP contribution is -2.43. The molecule has 0 fully saturated rings. The first-order valence-electron chi connectivity index (χ1n) is 11.1. The number of benzene rings is 1. The highest BCUT2D eigenvalue weighted by Gasteiger charge is 2.47. The van der Waals surface area contributed by atoms with Crippen molar-refractivity contribution in [2.24, 2.45) is 11.8 Å². The number of aromatic hydroxyl groups is 1. The van der Waals surface area contributed by atoms with Gasteiger partial charge in [0.1, 0.15) is 5.92 Å². The third-order valence-electron chi connectivity index (χ3n) is 6.24. The van der Waals surface area contributed by atoms with Gasteiger partial charge in [0.05, 0.1) is 33.5 Å². The molecule has 1 aliphatic heterocycles. The summed E-state index contributed by atoms with van der Waals surface area (Å²) in [6.45, 7) is 5.66. The summed E-state index contributed by atoms with van der Waals surface area (Å²) < 4.78 is 21.0. The largest absolute Gasteiger partial charge is 0.502 e. The molecule has 1 aromatic carbocycles. The van der Waals surface area contributed by atoms with E-state index in [0.717, 1.165) is 0 Å². The number of allylic oxidation sites excluding steroid dienone is 3. The van der Waals surface area contributed by atoms with Gasteiger partial charge in [0, 0.05) is 22.9 Å². The number of ketones is 1. The standard InChI is InChI=1S/C25H31NO8/c1-7-8-34-25(30)19-13(3)26-15-9-12(2)18(24(29)33-6)23(28)21(15)20(19)14-10-16(31-4)22(27)17(11-14)32-5/h10-12,18,20,26-27H,7-9H2,1-6H3/t12-,18-,20-/m1/s1. The molecule has 2 N–H and O–H groups in total. The van der Waals surface area contributed by atoms with Crippen molar-refractivity contribution in [2.75, 3.05) is 27.9 Å². The number of hydrogen-bond donors (Lipinski definition) is 2. The highest BCUT2D eigenvalue weighted by Crippen LogP contribution is 2.48. The van der Waals surface area contributed by atoms with Crippen LogP contribution in [0.3, 0.4) is 0 Å². The fourth-order valence-electron chi connectivity index (χ4n) is 4.64. The van der Waals surface area contributed by atoms with Gasteiger partial charge in [-0.2, -0.15) is 0 Å². The number of carbonyl (C=O) groups is 3. The zero-order valence-corrected chi connectivity index (χ0v) is 20.3. The first kappa shape index (κ1) is 25.1. The summed E-state index contributed by atoms with van der Waals surface area (Å²) in [6.07, 6.45) is 1.05. The summed E-state index contributed by atoms with van der Waals surface area (Å²) in [5.41, 5.74) is 2.20. The highest BCUT2D eigenvalue weighted by molar-refractivity contribution is 6.12. The van der Waals surface area contributed by atoms with E-state index in [1.165, 1.54) is 21.3 Å². The van der Waals surface area contributed by atoms with E-state index in [2.05, 4.69) is 5.32 Å². The van der Waals surface area contributed by atoms with Gasteiger partial charge in [0.25, 0.3) is 0 Å². The van der Waals surface area contributed by atoms with Crippen LogP contribution in [-0.4, -0.2) is 50.8 Å². The summed E-state index contributed by atoms with van der Waals surface area (Å²) in [4.78, 5) is 39.4. The monoisotopic (exact) mass is 473 g/mol. The van der Waals surface area contributed by atoms with Gasteiger partial charge in [-0.1, -0.05) is 13.8 Å². The third-order valence-corrected chi connectivity index (χ3v) is 6.24. The Morgan fingerprint density at radius 2 is 1.76 bits per heavy atom. The van der Waals surface area contributed by atoms with E-state index >= 15 is 0 Å². The Morgan fingerprint density at radius 3 is 2.29 bits per heavy atom. The number of esters is 2. The van der Waals surface area contributed by atoms with Crippen LogP contribution in [0, 0.1) is 11.8 Å². The SMILES string of the molecule is CCCOC(=O)C1=C(C)NC2=C(C(=O)[C@H](C(=O)OC)[C@H](C)C2)[C@@H]1c1cc(OC)c(O)c(OC)c1. The van der Waals surface area contributed by atoms with Crippen molar-refractivity contribution in [3.05, 3.63) is 40.2 Å². The van der Waals surface area contributed by atoms with E-state index in [4.69, 9.17) is 18.9 Å². The third kappa shape index (κ3) is 4.34. The van der Waals surface area contributed by atoms with Crippen LogP contribution in [0.25, 0.3) is 0 Å². The smallest absolute Gasteiger partial charge is 0.336 e. The molecule has 2 aliphatic rings. The Labute approximate surface area is 198 Å². The van der Waals surface area contributed by atoms with E-state index in [1.54, 1.807) is 19.1 Å². The number of nitrogens with one attached hydrogen (secondary N) is 1. The van der Waals surface area contributed by atoms with Crippen molar-refractivity contribution in [3.63, 3.8) is 0 Å². The molecular weight excluding hydrogens is 442 g/mol. The van der Waals surface area contributed by atoms with Gasteiger partial charge >= 0.3 is 11.9 Å². The second-order valence-corrected chi connectivity index (χ2v) is 8.45. The number of methoxy groups -OCH3 is 3. The number of phenolic OH excluding ortho intramolecular Hbond substituents is 1. The molecule has 9 heteroatoms. The van der Waals surface area contributed by atoms with Gasteiger partial charge < -0.3 is 29.4 Å². The Balaban J connectivity index is 2.26. The quantitative estimate of drug-likeness (QED) is 0.455. The number of Topliss-reactive ketones (excluding diaryl/α,β-unsaturated/α-hetero) is 1. The molecule has 34 heavy (non-hydrogen) atoms. The van der Waals surface area contributed by atoms with Gasteiger partial charge in [-0.05, 0) is 43.4 Å². The molecule has 3 rings (SSSR count). The minimum absolute atomic E-state index is 0.120. The van der Waals surface area contributed by atoms with Gasteiger partial charge in [0.15, 0.2) is 17.3 Å². The molecule has 0 saturated heterocycles. The second-order valence-electron chi connectivity index (χ2n) is 8.45. The molecule has 1 aromatic rings. The molecule has 0 radical (unpaired) electrons. The van der Waals surface area contributed by atoms with Crippen molar-refractivity contribution in [1.29, 1.82) is 0 Å². The maximum absolute atomic E-state index is 13.7. The number of dihydropyridines is 1. The average Bonchev–Trinajstić information content (AvgIpc) is 2.81. The van der Waals surface area contributed by atoms with Crippen molar-refractivity contribution >= 4 is 17.7 Å². The summed E-state index contributed by atoms with van der Waals surface area (Å²) >= 11 is 0. The Hall–Kier alpha value is -3.49. The molecule has 0 unspecified atom stereocenters. The molecule has 9 nitrogen and oxygen atoms in total.